The molecule has 0 bridgehead atoms. The van der Waals surface area contributed by atoms with Gasteiger partial charge in [-0.1, -0.05) is 31.2 Å². The lowest BCUT2D eigenvalue weighted by atomic mass is 9.73. The van der Waals surface area contributed by atoms with Gasteiger partial charge in [-0.2, -0.15) is 0 Å². The van der Waals surface area contributed by atoms with Gasteiger partial charge in [0.05, 0.1) is 17.0 Å². The van der Waals surface area contributed by atoms with E-state index in [4.69, 9.17) is 4.74 Å². The lowest BCUT2D eigenvalue weighted by molar-refractivity contribution is -0.148. The number of carboxylic acid groups (broad SMARTS) is 1. The third-order valence-electron chi connectivity index (χ3n) is 4.40. The van der Waals surface area contributed by atoms with Crippen molar-refractivity contribution in [2.24, 2.45) is 5.41 Å². The summed E-state index contributed by atoms with van der Waals surface area (Å²) in [5, 5.41) is 11.6. The highest BCUT2D eigenvalue weighted by molar-refractivity contribution is 9.10. The van der Waals surface area contributed by atoms with Gasteiger partial charge in [0.2, 0.25) is 0 Å². The van der Waals surface area contributed by atoms with Crippen molar-refractivity contribution in [3.8, 4) is 5.75 Å². The van der Waals surface area contributed by atoms with Gasteiger partial charge in [-0.3, -0.25) is 4.79 Å². The number of ether oxygens (including phenoxy) is 1. The van der Waals surface area contributed by atoms with Crippen molar-refractivity contribution in [3.63, 3.8) is 0 Å². The topological polar surface area (TPSA) is 46.5 Å². The molecule has 2 aromatic rings. The van der Waals surface area contributed by atoms with Crippen LogP contribution in [0.25, 0.3) is 10.8 Å². The first-order chi connectivity index (χ1) is 10.3. The second-order valence-corrected chi connectivity index (χ2v) is 6.84. The highest BCUT2D eigenvalue weighted by atomic mass is 79.9. The summed E-state index contributed by atoms with van der Waals surface area (Å²) in [5.41, 5.74) is 0.256. The molecule has 0 aliphatic carbocycles. The van der Waals surface area contributed by atoms with E-state index < -0.39 is 11.4 Å². The Hall–Kier alpha value is -1.55. The summed E-state index contributed by atoms with van der Waals surface area (Å²) in [6.07, 6.45) is 0.780. The Morgan fingerprint density at radius 1 is 1.32 bits per heavy atom. The van der Waals surface area contributed by atoms with Gasteiger partial charge in [-0.05, 0) is 64.5 Å². The van der Waals surface area contributed by atoms with E-state index >= 15 is 0 Å². The normalized spacial score (nSPS) is 13.1. The first-order valence-electron chi connectivity index (χ1n) is 7.32. The fourth-order valence-electron chi connectivity index (χ4n) is 2.98. The molecule has 0 radical (unpaired) electrons. The molecule has 118 valence electrons. The molecule has 0 heterocycles. The molecule has 0 aliphatic rings. The molecule has 0 saturated heterocycles. The minimum Gasteiger partial charge on any atom is -0.496 e. The number of carbonyl (C=O) groups is 1. The average Bonchev–Trinajstić information content (AvgIpc) is 2.48. The van der Waals surface area contributed by atoms with Gasteiger partial charge in [-0.25, -0.2) is 0 Å². The van der Waals surface area contributed by atoms with Crippen LogP contribution in [-0.2, 0) is 4.79 Å². The fraction of sp³-hybridized carbons (Fsp3) is 0.389. The number of methoxy groups -OCH3 is 1. The Kier molecular flexibility index (Phi) is 4.81. The van der Waals surface area contributed by atoms with Gasteiger partial charge in [-0.15, -0.1) is 0 Å². The summed E-state index contributed by atoms with van der Waals surface area (Å²) < 4.78 is 6.23. The summed E-state index contributed by atoms with van der Waals surface area (Å²) in [7, 11) is 1.64. The van der Waals surface area contributed by atoms with E-state index in [2.05, 4.69) is 22.0 Å². The van der Waals surface area contributed by atoms with Crippen LogP contribution >= 0.6 is 15.9 Å². The van der Waals surface area contributed by atoms with Gasteiger partial charge < -0.3 is 9.84 Å². The molecule has 0 amide bonds. The molecule has 0 fully saturated rings. The number of rotatable bonds is 5. The molecule has 0 spiro atoms. The third kappa shape index (κ3) is 2.84. The number of hydrogen-bond acceptors (Lipinski definition) is 2. The Labute approximate surface area is 139 Å². The molecule has 0 aromatic heterocycles. The number of aliphatic carboxylic acids is 1. The fourth-order valence-corrected chi connectivity index (χ4v) is 3.63. The smallest absolute Gasteiger partial charge is 0.309 e. The van der Waals surface area contributed by atoms with E-state index in [-0.39, 0.29) is 5.92 Å². The minimum absolute atomic E-state index is 0.0322. The van der Waals surface area contributed by atoms with Crippen LogP contribution in [0, 0.1) is 5.41 Å². The van der Waals surface area contributed by atoms with Crippen LogP contribution in [0.1, 0.15) is 38.7 Å². The Morgan fingerprint density at radius 3 is 2.55 bits per heavy atom. The Morgan fingerprint density at radius 2 is 2.00 bits per heavy atom. The largest absolute Gasteiger partial charge is 0.496 e. The molecular formula is C18H21BrO3. The summed E-state index contributed by atoms with van der Waals surface area (Å²) in [6, 6.07) is 10.0. The quantitative estimate of drug-likeness (QED) is 0.791. The molecule has 2 rings (SSSR count). The van der Waals surface area contributed by atoms with Crippen LogP contribution in [-0.4, -0.2) is 18.2 Å². The van der Waals surface area contributed by atoms with E-state index in [0.717, 1.165) is 33.0 Å². The van der Waals surface area contributed by atoms with Crippen LogP contribution in [0.15, 0.2) is 34.8 Å². The first-order valence-corrected chi connectivity index (χ1v) is 8.11. The van der Waals surface area contributed by atoms with Gasteiger partial charge in [0.25, 0.3) is 0 Å². The predicted molar refractivity (Wildman–Crippen MR) is 92.6 cm³/mol. The zero-order chi connectivity index (χ0) is 16.5. The van der Waals surface area contributed by atoms with E-state index in [0.29, 0.717) is 0 Å². The number of hydrogen-bond donors (Lipinski definition) is 1. The van der Waals surface area contributed by atoms with Crippen molar-refractivity contribution in [3.05, 3.63) is 40.4 Å². The monoisotopic (exact) mass is 364 g/mol. The van der Waals surface area contributed by atoms with Crippen LogP contribution < -0.4 is 4.74 Å². The standard InChI is InChI=1S/C18H21BrO3/c1-5-14(18(2,3)17(20)21)12-6-8-13-11(10-12)7-9-15(22-4)16(13)19/h6-10,14H,5H2,1-4H3,(H,20,21)/t14-/m0/s1. The number of halogens is 1. The Balaban J connectivity index is 2.55. The molecule has 22 heavy (non-hydrogen) atoms. The molecular weight excluding hydrogens is 344 g/mol. The van der Waals surface area contributed by atoms with E-state index in [1.807, 2.05) is 31.2 Å². The van der Waals surface area contributed by atoms with E-state index in [1.54, 1.807) is 21.0 Å². The zero-order valence-corrected chi connectivity index (χ0v) is 14.9. The molecule has 0 aliphatic heterocycles. The summed E-state index contributed by atoms with van der Waals surface area (Å²) in [4.78, 5) is 11.6. The predicted octanol–water partition coefficient (Wildman–Crippen LogP) is 5.22. The molecule has 0 saturated carbocycles. The lowest BCUT2D eigenvalue weighted by Gasteiger charge is -2.30. The van der Waals surface area contributed by atoms with Crippen molar-refractivity contribution >= 4 is 32.7 Å². The van der Waals surface area contributed by atoms with E-state index in [1.165, 1.54) is 0 Å². The van der Waals surface area contributed by atoms with Gasteiger partial charge in [0.15, 0.2) is 0 Å². The Bertz CT molecular complexity index is 707. The zero-order valence-electron chi connectivity index (χ0n) is 13.3. The molecule has 1 N–H and O–H groups in total. The second-order valence-electron chi connectivity index (χ2n) is 6.05. The second kappa shape index (κ2) is 6.29. The lowest BCUT2D eigenvalue weighted by Crippen LogP contribution is -2.31. The van der Waals surface area contributed by atoms with Crippen molar-refractivity contribution in [2.45, 2.75) is 33.1 Å². The summed E-state index contributed by atoms with van der Waals surface area (Å²) in [6.45, 7) is 5.61. The SMILES string of the molecule is CC[C@@H](c1ccc2c(Br)c(OC)ccc2c1)C(C)(C)C(=O)O. The summed E-state index contributed by atoms with van der Waals surface area (Å²) >= 11 is 3.56. The van der Waals surface area contributed by atoms with Crippen LogP contribution in [0.2, 0.25) is 0 Å². The number of carboxylic acids is 1. The molecule has 3 nitrogen and oxygen atoms in total. The van der Waals surface area contributed by atoms with Crippen molar-refractivity contribution < 1.29 is 14.6 Å². The maximum atomic E-state index is 11.6. The van der Waals surface area contributed by atoms with Crippen LogP contribution in [0.4, 0.5) is 0 Å². The molecule has 0 unspecified atom stereocenters. The van der Waals surface area contributed by atoms with Crippen molar-refractivity contribution in [2.75, 3.05) is 7.11 Å². The number of benzene rings is 2. The maximum absolute atomic E-state index is 11.6. The van der Waals surface area contributed by atoms with Crippen LogP contribution in [0.3, 0.4) is 0 Å². The molecule has 1 atom stereocenters. The highest BCUT2D eigenvalue weighted by Crippen LogP contribution is 2.41. The van der Waals surface area contributed by atoms with Crippen molar-refractivity contribution in [1.29, 1.82) is 0 Å². The van der Waals surface area contributed by atoms with Gasteiger partial charge in [0, 0.05) is 0 Å². The van der Waals surface area contributed by atoms with Gasteiger partial charge in [0.1, 0.15) is 5.75 Å². The van der Waals surface area contributed by atoms with Crippen LogP contribution in [0.5, 0.6) is 5.75 Å². The third-order valence-corrected chi connectivity index (χ3v) is 5.21. The average molecular weight is 365 g/mol. The highest BCUT2D eigenvalue weighted by Gasteiger charge is 2.36. The van der Waals surface area contributed by atoms with E-state index in [9.17, 15) is 9.90 Å². The maximum Gasteiger partial charge on any atom is 0.309 e. The summed E-state index contributed by atoms with van der Waals surface area (Å²) in [5.74, 6) is -0.0104. The molecule has 2 aromatic carbocycles. The number of fused-ring (bicyclic) bond motifs is 1. The molecule has 4 heteroatoms. The first kappa shape index (κ1) is 16.8. The minimum atomic E-state index is -0.799. The van der Waals surface area contributed by atoms with Gasteiger partial charge >= 0.3 is 5.97 Å². The van der Waals surface area contributed by atoms with Crippen molar-refractivity contribution in [1.82, 2.24) is 0 Å².